The van der Waals surface area contributed by atoms with Crippen molar-refractivity contribution >= 4 is 54.3 Å². The van der Waals surface area contributed by atoms with Gasteiger partial charge in [0.25, 0.3) is 36.4 Å². The van der Waals surface area contributed by atoms with E-state index in [-0.39, 0.29) is 0 Å². The van der Waals surface area contributed by atoms with Crippen molar-refractivity contribution in [2.75, 3.05) is 39.3 Å². The van der Waals surface area contributed by atoms with Crippen LogP contribution in [0.2, 0.25) is 0 Å². The van der Waals surface area contributed by atoms with E-state index in [0.717, 1.165) is 75.7 Å². The number of aliphatic hydroxyl groups is 1. The molecule has 0 amide bonds. The van der Waals surface area contributed by atoms with Crippen LogP contribution < -0.4 is 28.2 Å². The van der Waals surface area contributed by atoms with Gasteiger partial charge in [-0.15, -0.1) is 14.7 Å². The number of carboxylic acid groups (broad SMARTS) is 3. The largest absolute Gasteiger partial charge is 0.550 e. The summed E-state index contributed by atoms with van der Waals surface area (Å²) in [5, 5.41) is 38.9. The maximum atomic E-state index is 10.1. The zero-order chi connectivity index (χ0) is 30.2. The number of nitrogens with one attached hydrogen (secondary N) is 3. The Bertz CT molecular complexity index is 694. The molecule has 3 rings (SSSR count). The Morgan fingerprint density at radius 3 is 1.00 bits per heavy atom. The summed E-state index contributed by atoms with van der Waals surface area (Å²) in [4.78, 5) is 59.3. The molecule has 0 aromatic carbocycles. The Kier molecular flexibility index (Phi) is 22.6. The molecule has 0 aliphatic carbocycles. The molecule has 0 unspecified atom stereocenters. The van der Waals surface area contributed by atoms with Crippen LogP contribution in [0.1, 0.15) is 70.6 Å². The van der Waals surface area contributed by atoms with Crippen molar-refractivity contribution in [1.82, 2.24) is 0 Å². The molecule has 3 aliphatic rings. The van der Waals surface area contributed by atoms with Gasteiger partial charge in [-0.05, 0) is 57.8 Å². The third-order valence-corrected chi connectivity index (χ3v) is 8.21. The number of nitroso groups, excluding NO2 is 3. The molecular weight excluding hydrogens is 592 g/mol. The fraction of sp³-hybridized carbons (Fsp3) is 0.857. The summed E-state index contributed by atoms with van der Waals surface area (Å²) in [6.07, 6.45) is 8.74. The van der Waals surface area contributed by atoms with Crippen molar-refractivity contribution in [3.63, 3.8) is 0 Å². The molecule has 19 heteroatoms. The van der Waals surface area contributed by atoms with Gasteiger partial charge in [0, 0.05) is 24.8 Å². The molecule has 0 aromatic heterocycles. The zero-order valence-electron chi connectivity index (χ0n) is 22.2. The second kappa shape index (κ2) is 23.8. The van der Waals surface area contributed by atoms with Gasteiger partial charge in [-0.25, -0.2) is 12.9 Å². The Morgan fingerprint density at radius 1 is 0.575 bits per heavy atom. The Morgan fingerprint density at radius 2 is 0.825 bits per heavy atom. The molecule has 40 heavy (non-hydrogen) atoms. The number of hydrogen-bond acceptors (Lipinski definition) is 16. The molecule has 16 nitrogen and oxygen atoms in total. The van der Waals surface area contributed by atoms with Crippen molar-refractivity contribution in [3.05, 3.63) is 14.7 Å². The molecule has 4 N–H and O–H groups in total. The Labute approximate surface area is 245 Å². The molecule has 0 atom stereocenters. The SMILES string of the molecule is O=C([O-])CC(O)(CC(=O)[O-])C(=O)[O-].O=NS[NH+]1CCCCC1.O=NS[NH+]1CCCCC1.O=NS[NH+]1CCCCC1. The van der Waals surface area contributed by atoms with E-state index in [1.807, 2.05) is 0 Å². The maximum Gasteiger partial charge on any atom is 0.262 e. The lowest BCUT2D eigenvalue weighted by Gasteiger charge is -2.29. The van der Waals surface area contributed by atoms with Crippen LogP contribution in [0.3, 0.4) is 0 Å². The third kappa shape index (κ3) is 20.0. The summed E-state index contributed by atoms with van der Waals surface area (Å²) in [5.41, 5.74) is -2.97. The second-order valence-corrected chi connectivity index (χ2v) is 11.9. The first-order valence-corrected chi connectivity index (χ1v) is 15.3. The molecule has 3 aliphatic heterocycles. The lowest BCUT2D eigenvalue weighted by Crippen LogP contribution is -3.06. The van der Waals surface area contributed by atoms with Crippen molar-refractivity contribution in [2.45, 2.75) is 76.2 Å². The normalized spacial score (nSPS) is 18.2. The second-order valence-electron chi connectivity index (χ2n) is 9.21. The van der Waals surface area contributed by atoms with Gasteiger partial charge in [0.05, 0.1) is 59.0 Å². The summed E-state index contributed by atoms with van der Waals surface area (Å²) >= 11 is 3.41. The molecule has 3 saturated heterocycles. The maximum absolute atomic E-state index is 10.1. The number of nitrogens with zero attached hydrogens (tertiary/aromatic N) is 3. The van der Waals surface area contributed by atoms with Crippen molar-refractivity contribution in [2.24, 2.45) is 13.7 Å². The smallest absolute Gasteiger partial charge is 0.262 e. The van der Waals surface area contributed by atoms with E-state index in [1.165, 1.54) is 70.7 Å². The van der Waals surface area contributed by atoms with Gasteiger partial charge in [0.1, 0.15) is 5.60 Å². The third-order valence-electron chi connectivity index (χ3n) is 5.99. The fourth-order valence-electron chi connectivity index (χ4n) is 3.95. The summed E-state index contributed by atoms with van der Waals surface area (Å²) < 4.78 is 12.2. The number of carbonyl (C=O) groups is 3. The molecule has 0 spiro atoms. The van der Waals surface area contributed by atoms with E-state index in [9.17, 15) is 44.4 Å². The van der Waals surface area contributed by atoms with E-state index < -0.39 is 36.4 Å². The molecule has 0 saturated carbocycles. The summed E-state index contributed by atoms with van der Waals surface area (Å²) in [5.74, 6) is -5.98. The number of rotatable bonds is 11. The fourth-order valence-corrected chi connectivity index (χ4v) is 5.68. The average Bonchev–Trinajstić information content (AvgIpc) is 2.91. The summed E-state index contributed by atoms with van der Waals surface area (Å²) in [7, 11) is 0. The van der Waals surface area contributed by atoms with E-state index in [0.29, 0.717) is 0 Å². The lowest BCUT2D eigenvalue weighted by molar-refractivity contribution is -0.762. The monoisotopic (exact) mass is 630 g/mol. The van der Waals surface area contributed by atoms with Crippen LogP contribution in [0.4, 0.5) is 0 Å². The van der Waals surface area contributed by atoms with E-state index >= 15 is 0 Å². The van der Waals surface area contributed by atoms with E-state index in [2.05, 4.69) is 13.7 Å². The number of carboxylic acids is 3. The van der Waals surface area contributed by atoms with E-state index in [1.54, 1.807) is 0 Å². The summed E-state index contributed by atoms with van der Waals surface area (Å²) in [6, 6.07) is 0. The van der Waals surface area contributed by atoms with Gasteiger partial charge >= 0.3 is 0 Å². The van der Waals surface area contributed by atoms with Crippen LogP contribution in [0, 0.1) is 14.7 Å². The number of carbonyl (C=O) groups excluding carboxylic acids is 3. The highest BCUT2D eigenvalue weighted by Gasteiger charge is 2.29. The van der Waals surface area contributed by atoms with Gasteiger partial charge < -0.3 is 34.8 Å². The van der Waals surface area contributed by atoms with Gasteiger partial charge in [-0.1, -0.05) is 0 Å². The Balaban J connectivity index is 0.000000513. The Hall–Kier alpha value is -1.90. The number of aliphatic carboxylic acids is 3. The molecular formula is C21H38N6O10S3. The zero-order valence-corrected chi connectivity index (χ0v) is 24.7. The predicted octanol–water partition coefficient (Wildman–Crippen LogP) is -4.10. The van der Waals surface area contributed by atoms with Crippen molar-refractivity contribution in [1.29, 1.82) is 0 Å². The highest BCUT2D eigenvalue weighted by atomic mass is 32.2. The van der Waals surface area contributed by atoms with Crippen LogP contribution in [0.5, 0.6) is 0 Å². The molecule has 3 heterocycles. The molecule has 0 aromatic rings. The van der Waals surface area contributed by atoms with Crippen molar-refractivity contribution < 1.29 is 47.7 Å². The van der Waals surface area contributed by atoms with E-state index in [4.69, 9.17) is 5.11 Å². The number of hydrogen-bond donors (Lipinski definition) is 4. The van der Waals surface area contributed by atoms with Crippen LogP contribution in [0.25, 0.3) is 0 Å². The molecule has 230 valence electrons. The van der Waals surface area contributed by atoms with Crippen LogP contribution in [0.15, 0.2) is 13.7 Å². The molecule has 3 fully saturated rings. The topological polar surface area (TPSA) is 242 Å². The minimum Gasteiger partial charge on any atom is -0.550 e. The number of quaternary nitrogens is 3. The molecule has 0 radical (unpaired) electrons. The average molecular weight is 631 g/mol. The first-order valence-electron chi connectivity index (χ1n) is 12.9. The van der Waals surface area contributed by atoms with Crippen LogP contribution >= 0.6 is 36.4 Å². The quantitative estimate of drug-likeness (QED) is 0.125. The minimum atomic E-state index is -2.97. The van der Waals surface area contributed by atoms with Gasteiger partial charge in [0.2, 0.25) is 0 Å². The highest BCUT2D eigenvalue weighted by Crippen LogP contribution is 2.13. The predicted molar refractivity (Wildman–Crippen MR) is 143 cm³/mol. The molecule has 0 bridgehead atoms. The van der Waals surface area contributed by atoms with Gasteiger partial charge in [-0.2, -0.15) is 0 Å². The first-order chi connectivity index (χ1) is 19.1. The first kappa shape index (κ1) is 38.1. The lowest BCUT2D eigenvalue weighted by atomic mass is 9.96. The highest BCUT2D eigenvalue weighted by molar-refractivity contribution is 7.91. The van der Waals surface area contributed by atoms with Crippen molar-refractivity contribution in [3.8, 4) is 0 Å². The standard InChI is InChI=1S/C6H8O7.3C5H10N2OS/c7-3(8)1-6(13,5(11)12)2-4(9)10;3*8-6-9-7-4-2-1-3-5-7/h13H,1-2H2,(H,7,8)(H,9,10)(H,11,12);3*1-5H2. The van der Waals surface area contributed by atoms with Crippen LogP contribution in [-0.4, -0.2) is 67.9 Å². The van der Waals surface area contributed by atoms with Crippen LogP contribution in [-0.2, 0) is 14.4 Å². The summed E-state index contributed by atoms with van der Waals surface area (Å²) in [6.45, 7) is 6.65. The minimum absolute atomic E-state index is 1.11. The van der Waals surface area contributed by atoms with Gasteiger partial charge in [0.15, 0.2) is 0 Å². The van der Waals surface area contributed by atoms with Gasteiger partial charge in [-0.3, -0.25) is 0 Å². The number of piperidine rings is 3.